The molecule has 2 aromatic carbocycles. The molecule has 2 aliphatic rings. The number of amides is 1. The van der Waals surface area contributed by atoms with E-state index in [1.54, 1.807) is 27.8 Å². The summed E-state index contributed by atoms with van der Waals surface area (Å²) in [5.41, 5.74) is 4.02. The van der Waals surface area contributed by atoms with Crippen molar-refractivity contribution in [1.29, 1.82) is 0 Å². The van der Waals surface area contributed by atoms with Gasteiger partial charge >= 0.3 is 6.09 Å². The number of benzene rings is 2. The Balaban J connectivity index is 1.36. The van der Waals surface area contributed by atoms with Crippen LogP contribution in [-0.2, 0) is 4.74 Å². The Labute approximate surface area is 268 Å². The summed E-state index contributed by atoms with van der Waals surface area (Å²) in [7, 11) is 2.15. The minimum Gasteiger partial charge on any atom is -0.444 e. The zero-order valence-corrected chi connectivity index (χ0v) is 27.3. The molecule has 6 rings (SSSR count). The number of fused-ring (bicyclic) bond motifs is 1. The summed E-state index contributed by atoms with van der Waals surface area (Å²) < 4.78 is 7.32. The molecular weight excluding hydrogens is 590 g/mol. The molecule has 4 aromatic rings. The third-order valence-electron chi connectivity index (χ3n) is 8.41. The van der Waals surface area contributed by atoms with E-state index in [0.717, 1.165) is 31.9 Å². The molecular formula is C34H40ClN7O3. The molecule has 1 N–H and O–H groups in total. The maximum absolute atomic E-state index is 14.2. The largest absolute Gasteiger partial charge is 0.444 e. The molecule has 2 fully saturated rings. The number of rotatable bonds is 5. The van der Waals surface area contributed by atoms with Crippen LogP contribution in [0.3, 0.4) is 0 Å². The number of ether oxygens (including phenoxy) is 1. The average molecular weight is 630 g/mol. The molecule has 0 saturated carbocycles. The highest BCUT2D eigenvalue weighted by atomic mass is 35.5. The van der Waals surface area contributed by atoms with Gasteiger partial charge in [0.05, 0.1) is 6.04 Å². The van der Waals surface area contributed by atoms with Gasteiger partial charge in [0.2, 0.25) is 5.95 Å². The van der Waals surface area contributed by atoms with E-state index < -0.39 is 11.7 Å². The van der Waals surface area contributed by atoms with Crippen molar-refractivity contribution in [3.63, 3.8) is 0 Å². The minimum absolute atomic E-state index is 0.219. The van der Waals surface area contributed by atoms with Gasteiger partial charge in [0.15, 0.2) is 0 Å². The Morgan fingerprint density at radius 3 is 2.49 bits per heavy atom. The molecule has 0 aliphatic carbocycles. The number of anilines is 3. The van der Waals surface area contributed by atoms with Crippen molar-refractivity contribution in [2.45, 2.75) is 45.8 Å². The third kappa shape index (κ3) is 6.62. The minimum atomic E-state index is -0.614. The van der Waals surface area contributed by atoms with Gasteiger partial charge in [-0.25, -0.2) is 9.78 Å². The summed E-state index contributed by atoms with van der Waals surface area (Å²) in [4.78, 5) is 43.0. The SMILES string of the molecule is Cc1cc(Nc2ncc3cc(-c4ccccc4Cl)c(=O)n([C@H]4CCN(C(=O)OC(C)(C)C)C4)c3n2)ccc1N1CCN(C)CC1. The Hall–Kier alpha value is -4.15. The van der Waals surface area contributed by atoms with Gasteiger partial charge in [-0.1, -0.05) is 29.8 Å². The number of aromatic nitrogens is 3. The molecule has 1 atom stereocenters. The summed E-state index contributed by atoms with van der Waals surface area (Å²) >= 11 is 6.55. The van der Waals surface area contributed by atoms with Gasteiger partial charge in [-0.15, -0.1) is 0 Å². The lowest BCUT2D eigenvalue weighted by Crippen LogP contribution is -2.44. The molecule has 4 heterocycles. The summed E-state index contributed by atoms with van der Waals surface area (Å²) in [6, 6.07) is 15.1. The first-order valence-corrected chi connectivity index (χ1v) is 15.8. The summed E-state index contributed by atoms with van der Waals surface area (Å²) in [6.45, 7) is 12.5. The maximum Gasteiger partial charge on any atom is 0.410 e. The number of halogens is 1. The van der Waals surface area contributed by atoms with Crippen LogP contribution < -0.4 is 15.8 Å². The monoisotopic (exact) mass is 629 g/mol. The highest BCUT2D eigenvalue weighted by molar-refractivity contribution is 6.33. The summed E-state index contributed by atoms with van der Waals surface area (Å²) in [6.07, 6.45) is 1.92. The topological polar surface area (TPSA) is 95.8 Å². The highest BCUT2D eigenvalue weighted by Crippen LogP contribution is 2.32. The molecule has 236 valence electrons. The van der Waals surface area contributed by atoms with Gasteiger partial charge in [-0.2, -0.15) is 4.98 Å². The second kappa shape index (κ2) is 12.3. The van der Waals surface area contributed by atoms with E-state index in [-0.39, 0.29) is 11.6 Å². The van der Waals surface area contributed by atoms with E-state index in [4.69, 9.17) is 21.3 Å². The molecule has 11 heteroatoms. The van der Waals surface area contributed by atoms with Gasteiger partial charge in [0, 0.05) is 78.4 Å². The second-order valence-corrected chi connectivity index (χ2v) is 13.4. The number of carbonyl (C=O) groups is 1. The van der Waals surface area contributed by atoms with E-state index in [0.29, 0.717) is 52.6 Å². The Bertz CT molecular complexity index is 1790. The zero-order chi connectivity index (χ0) is 31.9. The van der Waals surface area contributed by atoms with Crippen LogP contribution in [0.25, 0.3) is 22.2 Å². The fourth-order valence-electron chi connectivity index (χ4n) is 6.10. The van der Waals surface area contributed by atoms with Crippen LogP contribution in [-0.4, -0.2) is 82.3 Å². The molecule has 45 heavy (non-hydrogen) atoms. The van der Waals surface area contributed by atoms with E-state index in [9.17, 15) is 9.59 Å². The zero-order valence-electron chi connectivity index (χ0n) is 26.5. The molecule has 0 bridgehead atoms. The predicted molar refractivity (Wildman–Crippen MR) is 180 cm³/mol. The number of pyridine rings is 1. The Morgan fingerprint density at radius 1 is 1.02 bits per heavy atom. The molecule has 0 radical (unpaired) electrons. The quantitative estimate of drug-likeness (QED) is 0.283. The fraction of sp³-hybridized carbons (Fsp3) is 0.412. The standard InChI is InChI=1S/C34H40ClN7O3/c1-22-18-24(10-11-29(22)40-16-14-39(5)15-17-40)37-32-36-20-23-19-27(26-8-6-7-9-28(26)35)31(43)42(30(23)38-32)25-12-13-41(21-25)33(44)45-34(2,3)4/h6-11,18-20,25H,12-17,21H2,1-5H3,(H,36,37,38)/t25-/m0/s1. The van der Waals surface area contributed by atoms with Crippen LogP contribution in [0.2, 0.25) is 5.02 Å². The number of likely N-dealkylation sites (tertiary alicyclic amines) is 1. The number of nitrogens with zero attached hydrogens (tertiary/aromatic N) is 6. The van der Waals surface area contributed by atoms with E-state index in [1.807, 2.05) is 45.0 Å². The molecule has 2 aromatic heterocycles. The first-order chi connectivity index (χ1) is 21.5. The van der Waals surface area contributed by atoms with Crippen LogP contribution >= 0.6 is 11.6 Å². The number of piperazine rings is 1. The van der Waals surface area contributed by atoms with Crippen molar-refractivity contribution in [1.82, 2.24) is 24.3 Å². The lowest BCUT2D eigenvalue weighted by molar-refractivity contribution is 0.0289. The van der Waals surface area contributed by atoms with Gasteiger partial charge < -0.3 is 24.8 Å². The van der Waals surface area contributed by atoms with Crippen molar-refractivity contribution >= 4 is 46.1 Å². The Kier molecular flexibility index (Phi) is 8.45. The van der Waals surface area contributed by atoms with Gasteiger partial charge in [-0.3, -0.25) is 9.36 Å². The number of hydrogen-bond acceptors (Lipinski definition) is 8. The molecule has 0 unspecified atom stereocenters. The van der Waals surface area contributed by atoms with Crippen LogP contribution in [0.4, 0.5) is 22.1 Å². The lowest BCUT2D eigenvalue weighted by atomic mass is 10.1. The van der Waals surface area contributed by atoms with Gasteiger partial charge in [0.1, 0.15) is 11.2 Å². The van der Waals surface area contributed by atoms with Crippen molar-refractivity contribution < 1.29 is 9.53 Å². The van der Waals surface area contributed by atoms with Gasteiger partial charge in [0.25, 0.3) is 5.56 Å². The number of likely N-dealkylation sites (N-methyl/N-ethyl adjacent to an activating group) is 1. The predicted octanol–water partition coefficient (Wildman–Crippen LogP) is 6.10. The highest BCUT2D eigenvalue weighted by Gasteiger charge is 2.33. The first-order valence-electron chi connectivity index (χ1n) is 15.4. The maximum atomic E-state index is 14.2. The molecule has 1 amide bonds. The molecule has 10 nitrogen and oxygen atoms in total. The molecule has 2 aliphatic heterocycles. The van der Waals surface area contributed by atoms with E-state index >= 15 is 0 Å². The first kappa shape index (κ1) is 30.9. The van der Waals surface area contributed by atoms with Crippen LogP contribution in [0.1, 0.15) is 38.8 Å². The van der Waals surface area contributed by atoms with Crippen LogP contribution in [0, 0.1) is 6.92 Å². The molecule has 0 spiro atoms. The normalized spacial score (nSPS) is 17.6. The van der Waals surface area contributed by atoms with Crippen molar-refractivity contribution in [3.05, 3.63) is 75.7 Å². The third-order valence-corrected chi connectivity index (χ3v) is 8.74. The number of carbonyl (C=O) groups excluding carboxylic acids is 1. The summed E-state index contributed by atoms with van der Waals surface area (Å²) in [5.74, 6) is 0.384. The number of nitrogens with one attached hydrogen (secondary N) is 1. The average Bonchev–Trinajstić information content (AvgIpc) is 3.47. The number of hydrogen-bond donors (Lipinski definition) is 1. The van der Waals surface area contributed by atoms with E-state index in [2.05, 4.69) is 46.2 Å². The second-order valence-electron chi connectivity index (χ2n) is 13.0. The Morgan fingerprint density at radius 2 is 1.78 bits per heavy atom. The van der Waals surface area contributed by atoms with Crippen molar-refractivity contribution in [2.24, 2.45) is 0 Å². The smallest absolute Gasteiger partial charge is 0.410 e. The summed E-state index contributed by atoms with van der Waals surface area (Å²) in [5, 5.41) is 4.53. The fourth-order valence-corrected chi connectivity index (χ4v) is 6.34. The van der Waals surface area contributed by atoms with E-state index in [1.165, 1.54) is 11.3 Å². The van der Waals surface area contributed by atoms with Gasteiger partial charge in [-0.05, 0) is 77.1 Å². The number of aryl methyl sites for hydroxylation is 1. The lowest BCUT2D eigenvalue weighted by Gasteiger charge is -2.35. The van der Waals surface area contributed by atoms with Crippen LogP contribution in [0.15, 0.2) is 59.5 Å². The van der Waals surface area contributed by atoms with Crippen LogP contribution in [0.5, 0.6) is 0 Å². The van der Waals surface area contributed by atoms with Crippen molar-refractivity contribution in [3.8, 4) is 11.1 Å². The molecule has 2 saturated heterocycles. The van der Waals surface area contributed by atoms with Crippen molar-refractivity contribution in [2.75, 3.05) is 56.5 Å².